The van der Waals surface area contributed by atoms with Crippen molar-refractivity contribution < 1.29 is 4.37 Å². The lowest BCUT2D eigenvalue weighted by atomic mass is 10.5. The summed E-state index contributed by atoms with van der Waals surface area (Å²) in [6.07, 6.45) is 2.09. The smallest absolute Gasteiger partial charge is 0.222 e. The molecule has 0 spiro atoms. The molecule has 0 saturated carbocycles. The molecule has 0 N–H and O–H groups in total. The summed E-state index contributed by atoms with van der Waals surface area (Å²) >= 11 is 0. The van der Waals surface area contributed by atoms with Gasteiger partial charge >= 0.3 is 0 Å². The van der Waals surface area contributed by atoms with Crippen molar-refractivity contribution in [1.29, 1.82) is 0 Å². The van der Waals surface area contributed by atoms with Crippen molar-refractivity contribution in [2.24, 2.45) is 0 Å². The first-order chi connectivity index (χ1) is 3.34. The molecule has 0 radical (unpaired) electrons. The summed E-state index contributed by atoms with van der Waals surface area (Å²) in [5.41, 5.74) is 0. The predicted octanol–water partition coefficient (Wildman–Crippen LogP) is 1.35. The summed E-state index contributed by atoms with van der Waals surface area (Å²) in [6.45, 7) is 6.92. The number of hydrogen-bond donors (Lipinski definition) is 0. The van der Waals surface area contributed by atoms with Crippen LogP contribution in [0.2, 0.25) is 0 Å². The molecular formula is C6H13O+. The lowest BCUT2D eigenvalue weighted by Gasteiger charge is -1.89. The van der Waals surface area contributed by atoms with Crippen molar-refractivity contribution in [2.45, 2.75) is 26.4 Å². The predicted molar refractivity (Wildman–Crippen MR) is 30.6 cm³/mol. The molecule has 1 saturated heterocycles. The van der Waals surface area contributed by atoms with Crippen LogP contribution >= 0.6 is 0 Å². The Kier molecular flexibility index (Phi) is 1.33. The average molecular weight is 101 g/mol. The minimum Gasteiger partial charge on any atom is -0.408 e. The molecule has 0 aromatic heterocycles. The van der Waals surface area contributed by atoms with Crippen LogP contribution in [0.4, 0.5) is 0 Å². The Morgan fingerprint density at radius 3 is 2.43 bits per heavy atom. The second-order valence-corrected chi connectivity index (χ2v) is 2.22. The van der Waals surface area contributed by atoms with Crippen LogP contribution in [-0.4, -0.2) is 19.3 Å². The minimum atomic E-state index is 0.819. The molecule has 42 valence electrons. The number of rotatable bonds is 2. The summed E-state index contributed by atoms with van der Waals surface area (Å²) in [6, 6.07) is 0. The van der Waals surface area contributed by atoms with Crippen LogP contribution in [0.3, 0.4) is 0 Å². The van der Waals surface area contributed by atoms with Gasteiger partial charge in [-0.3, -0.25) is 0 Å². The van der Waals surface area contributed by atoms with Gasteiger partial charge in [-0.05, 0) is 0 Å². The fraction of sp³-hybridized carbons (Fsp3) is 1.00. The number of hydrogen-bond acceptors (Lipinski definition) is 0. The molecule has 1 fully saturated rings. The van der Waals surface area contributed by atoms with Crippen molar-refractivity contribution in [3.8, 4) is 0 Å². The summed E-state index contributed by atoms with van der Waals surface area (Å²) < 4.78 is 3.15. The fourth-order valence-corrected chi connectivity index (χ4v) is 0.809. The highest BCUT2D eigenvalue weighted by Crippen LogP contribution is 2.22. The van der Waals surface area contributed by atoms with Crippen LogP contribution < -0.4 is 0 Å². The monoisotopic (exact) mass is 101 g/mol. The van der Waals surface area contributed by atoms with Gasteiger partial charge in [0.1, 0.15) is 6.61 Å². The molecule has 1 heteroatoms. The van der Waals surface area contributed by atoms with Gasteiger partial charge < -0.3 is 4.37 Å². The van der Waals surface area contributed by atoms with E-state index >= 15 is 0 Å². The van der Waals surface area contributed by atoms with E-state index in [1.54, 1.807) is 0 Å². The lowest BCUT2D eigenvalue weighted by molar-refractivity contribution is 0.0539. The zero-order chi connectivity index (χ0) is 5.28. The molecule has 1 rings (SSSR count). The van der Waals surface area contributed by atoms with Gasteiger partial charge in [-0.2, -0.15) is 0 Å². The van der Waals surface area contributed by atoms with Crippen molar-refractivity contribution in [3.05, 3.63) is 0 Å². The van der Waals surface area contributed by atoms with E-state index in [1.807, 2.05) is 0 Å². The highest BCUT2D eigenvalue weighted by atomic mass is 16.8. The molecule has 1 atom stereocenters. The second kappa shape index (κ2) is 1.83. The molecular weight excluding hydrogens is 88.1 g/mol. The molecule has 1 aliphatic rings. The minimum absolute atomic E-state index is 0.819. The summed E-state index contributed by atoms with van der Waals surface area (Å²) in [7, 11) is 0. The van der Waals surface area contributed by atoms with E-state index in [0.29, 0.717) is 0 Å². The quantitative estimate of drug-likeness (QED) is 0.365. The van der Waals surface area contributed by atoms with Gasteiger partial charge in [-0.25, -0.2) is 0 Å². The largest absolute Gasteiger partial charge is 0.408 e. The molecule has 1 unspecified atom stereocenters. The Bertz CT molecular complexity index is 61.2. The summed E-state index contributed by atoms with van der Waals surface area (Å²) in [4.78, 5) is 0. The highest BCUT2D eigenvalue weighted by Gasteiger charge is 2.37. The zero-order valence-electron chi connectivity index (χ0n) is 5.11. The van der Waals surface area contributed by atoms with Gasteiger partial charge in [0.15, 0.2) is 0 Å². The van der Waals surface area contributed by atoms with E-state index in [4.69, 9.17) is 0 Å². The Balaban J connectivity index is 1.98. The molecule has 7 heavy (non-hydrogen) atoms. The molecule has 0 aliphatic carbocycles. The normalized spacial score (nSPS) is 30.9. The van der Waals surface area contributed by atoms with Crippen LogP contribution in [0, 0.1) is 0 Å². The Labute approximate surface area is 45.0 Å². The SMILES string of the molecule is CCC[O+]1CC1C. The highest BCUT2D eigenvalue weighted by molar-refractivity contribution is 4.69. The van der Waals surface area contributed by atoms with E-state index in [0.717, 1.165) is 6.10 Å². The molecule has 0 aromatic carbocycles. The fourth-order valence-electron chi connectivity index (χ4n) is 0.809. The van der Waals surface area contributed by atoms with E-state index in [9.17, 15) is 0 Å². The van der Waals surface area contributed by atoms with Gasteiger partial charge in [0.05, 0.1) is 0 Å². The zero-order valence-corrected chi connectivity index (χ0v) is 5.11. The summed E-state index contributed by atoms with van der Waals surface area (Å²) in [5, 5.41) is 0. The van der Waals surface area contributed by atoms with Crippen molar-refractivity contribution in [2.75, 3.05) is 13.2 Å². The van der Waals surface area contributed by atoms with E-state index in [2.05, 4.69) is 18.2 Å². The van der Waals surface area contributed by atoms with Gasteiger partial charge in [0.2, 0.25) is 12.7 Å². The van der Waals surface area contributed by atoms with Crippen LogP contribution in [-0.2, 0) is 4.37 Å². The maximum Gasteiger partial charge on any atom is 0.222 e. The van der Waals surface area contributed by atoms with Crippen LogP contribution in [0.1, 0.15) is 20.3 Å². The van der Waals surface area contributed by atoms with Crippen LogP contribution in [0.25, 0.3) is 0 Å². The third-order valence-electron chi connectivity index (χ3n) is 1.37. The molecule has 0 amide bonds. The van der Waals surface area contributed by atoms with Gasteiger partial charge in [-0.15, -0.1) is 0 Å². The molecule has 1 heterocycles. The Morgan fingerprint density at radius 1 is 1.71 bits per heavy atom. The number of epoxide rings is 1. The van der Waals surface area contributed by atoms with Gasteiger partial charge in [0.25, 0.3) is 0 Å². The lowest BCUT2D eigenvalue weighted by Crippen LogP contribution is -1.89. The second-order valence-electron chi connectivity index (χ2n) is 2.22. The van der Waals surface area contributed by atoms with Crippen LogP contribution in [0.15, 0.2) is 0 Å². The van der Waals surface area contributed by atoms with Crippen molar-refractivity contribution in [3.63, 3.8) is 0 Å². The molecule has 1 nitrogen and oxygen atoms in total. The van der Waals surface area contributed by atoms with Gasteiger partial charge in [-0.1, -0.05) is 6.92 Å². The van der Waals surface area contributed by atoms with Crippen molar-refractivity contribution in [1.82, 2.24) is 0 Å². The maximum absolute atomic E-state index is 3.15. The average Bonchev–Trinajstić information content (AvgIpc) is 2.22. The maximum atomic E-state index is 3.15. The third-order valence-corrected chi connectivity index (χ3v) is 1.37. The van der Waals surface area contributed by atoms with E-state index in [1.165, 1.54) is 19.6 Å². The van der Waals surface area contributed by atoms with Crippen LogP contribution in [0.5, 0.6) is 0 Å². The van der Waals surface area contributed by atoms with Crippen molar-refractivity contribution >= 4 is 0 Å². The topological polar surface area (TPSA) is 2.70 Å². The first kappa shape index (κ1) is 5.10. The first-order valence-corrected chi connectivity index (χ1v) is 3.01. The van der Waals surface area contributed by atoms with E-state index < -0.39 is 0 Å². The standard InChI is InChI=1S/C6H13O/c1-3-4-7-5-6(7)2/h6H,3-5H2,1-2H3/q+1. The molecule has 0 aromatic rings. The Morgan fingerprint density at radius 2 is 2.29 bits per heavy atom. The molecule has 1 aliphatic heterocycles. The third kappa shape index (κ3) is 1.16. The molecule has 0 bridgehead atoms. The Hall–Kier alpha value is -0.0400. The van der Waals surface area contributed by atoms with E-state index in [-0.39, 0.29) is 0 Å². The summed E-state index contributed by atoms with van der Waals surface area (Å²) in [5.74, 6) is 0. The first-order valence-electron chi connectivity index (χ1n) is 3.01. The van der Waals surface area contributed by atoms with Gasteiger partial charge in [0, 0.05) is 13.3 Å².